The van der Waals surface area contributed by atoms with Crippen LogP contribution in [-0.2, 0) is 0 Å². The normalized spacial score (nSPS) is 17.6. The number of aromatic carboxylic acids is 1. The summed E-state index contributed by atoms with van der Waals surface area (Å²) in [6.45, 7) is 0. The number of anilines is 1. The lowest BCUT2D eigenvalue weighted by Gasteiger charge is -2.26. The first-order valence-corrected chi connectivity index (χ1v) is 11.1. The van der Waals surface area contributed by atoms with Gasteiger partial charge in [0.15, 0.2) is 5.11 Å². The molecule has 0 amide bonds. The molecule has 1 fully saturated rings. The number of carboxylic acids is 1. The highest BCUT2D eigenvalue weighted by Crippen LogP contribution is 2.45. The molecule has 170 valence electrons. The molecule has 3 heterocycles. The van der Waals surface area contributed by atoms with E-state index in [9.17, 15) is 9.90 Å². The Morgan fingerprint density at radius 3 is 2.59 bits per heavy atom. The van der Waals surface area contributed by atoms with Crippen molar-refractivity contribution in [1.29, 1.82) is 0 Å². The van der Waals surface area contributed by atoms with Crippen LogP contribution in [0, 0.1) is 0 Å². The number of furan rings is 1. The Bertz CT molecular complexity index is 1370. The minimum absolute atomic E-state index is 0.0243. The first-order chi connectivity index (χ1) is 16.4. The predicted molar refractivity (Wildman–Crippen MR) is 132 cm³/mol. The maximum Gasteiger partial charge on any atom is 0.335 e. The van der Waals surface area contributed by atoms with Crippen LogP contribution >= 0.6 is 23.8 Å². The maximum absolute atomic E-state index is 11.2. The van der Waals surface area contributed by atoms with E-state index in [-0.39, 0.29) is 17.4 Å². The number of aromatic hydroxyl groups is 1. The van der Waals surface area contributed by atoms with E-state index < -0.39 is 12.0 Å². The fourth-order valence-corrected chi connectivity index (χ4v) is 4.54. The van der Waals surface area contributed by atoms with E-state index >= 15 is 0 Å². The molecule has 2 aromatic carbocycles. The monoisotopic (exact) mass is 491 g/mol. The van der Waals surface area contributed by atoms with Crippen LogP contribution in [0.2, 0.25) is 5.02 Å². The lowest BCUT2D eigenvalue weighted by molar-refractivity contribution is 0.0697. The van der Waals surface area contributed by atoms with Crippen LogP contribution in [0.1, 0.15) is 33.9 Å². The number of aromatic nitrogens is 1. The summed E-state index contributed by atoms with van der Waals surface area (Å²) in [5.74, 6) is 0.183. The van der Waals surface area contributed by atoms with Crippen LogP contribution in [0.4, 0.5) is 5.69 Å². The summed E-state index contributed by atoms with van der Waals surface area (Å²) in [4.78, 5) is 17.4. The zero-order valence-electron chi connectivity index (χ0n) is 17.6. The van der Waals surface area contributed by atoms with Gasteiger partial charge in [-0.15, -0.1) is 0 Å². The molecule has 3 N–H and O–H groups in total. The molecular weight excluding hydrogens is 474 g/mol. The zero-order chi connectivity index (χ0) is 23.8. The van der Waals surface area contributed by atoms with E-state index in [2.05, 4.69) is 10.3 Å². The lowest BCUT2D eigenvalue weighted by atomic mass is 10.0. The second-order valence-electron chi connectivity index (χ2n) is 7.71. The first-order valence-electron chi connectivity index (χ1n) is 10.3. The van der Waals surface area contributed by atoms with Gasteiger partial charge in [-0.2, -0.15) is 0 Å². The number of pyridine rings is 1. The van der Waals surface area contributed by atoms with Crippen molar-refractivity contribution in [3.8, 4) is 17.1 Å². The van der Waals surface area contributed by atoms with Gasteiger partial charge < -0.3 is 24.8 Å². The summed E-state index contributed by atoms with van der Waals surface area (Å²) < 4.78 is 6.24. The molecule has 0 aliphatic carbocycles. The number of phenols is 1. The topological polar surface area (TPSA) is 98.8 Å². The van der Waals surface area contributed by atoms with Gasteiger partial charge in [-0.3, -0.25) is 4.98 Å². The molecule has 0 unspecified atom stereocenters. The first kappa shape index (κ1) is 21.9. The van der Waals surface area contributed by atoms with Crippen LogP contribution in [0.5, 0.6) is 5.75 Å². The Morgan fingerprint density at radius 2 is 1.88 bits per heavy atom. The summed E-state index contributed by atoms with van der Waals surface area (Å²) in [6.07, 6.45) is 1.70. The van der Waals surface area contributed by atoms with Crippen LogP contribution in [0.25, 0.3) is 11.3 Å². The Labute approximate surface area is 205 Å². The summed E-state index contributed by atoms with van der Waals surface area (Å²) in [5.41, 5.74) is 2.12. The third-order valence-electron chi connectivity index (χ3n) is 5.63. The van der Waals surface area contributed by atoms with Crippen LogP contribution in [-0.4, -0.2) is 26.3 Å². The molecule has 2 atom stereocenters. The smallest absolute Gasteiger partial charge is 0.335 e. The molecule has 34 heavy (non-hydrogen) atoms. The number of nitrogens with zero attached hydrogens (tertiary/aromatic N) is 2. The molecule has 1 aliphatic heterocycles. The number of carboxylic acid groups (broad SMARTS) is 1. The molecule has 9 heteroatoms. The quantitative estimate of drug-likeness (QED) is 0.311. The Hall–Kier alpha value is -3.88. The summed E-state index contributed by atoms with van der Waals surface area (Å²) >= 11 is 11.9. The highest BCUT2D eigenvalue weighted by molar-refractivity contribution is 7.80. The van der Waals surface area contributed by atoms with Crippen molar-refractivity contribution in [3.05, 3.63) is 101 Å². The van der Waals surface area contributed by atoms with Crippen molar-refractivity contribution in [1.82, 2.24) is 10.3 Å². The van der Waals surface area contributed by atoms with Crippen LogP contribution in [0.15, 0.2) is 83.4 Å². The number of thiocarbonyl (C=S) groups is 1. The number of nitrogens with one attached hydrogen (secondary N) is 1. The molecule has 2 aromatic heterocycles. The number of benzene rings is 2. The van der Waals surface area contributed by atoms with Gasteiger partial charge >= 0.3 is 5.97 Å². The predicted octanol–water partition coefficient (Wildman–Crippen LogP) is 5.58. The fraction of sp³-hybridized carbons (Fsp3) is 0.0800. The average Bonchev–Trinajstić information content (AvgIpc) is 3.46. The molecule has 1 aliphatic rings. The van der Waals surface area contributed by atoms with E-state index in [0.29, 0.717) is 27.3 Å². The van der Waals surface area contributed by atoms with E-state index in [4.69, 9.17) is 33.3 Å². The summed E-state index contributed by atoms with van der Waals surface area (Å²) in [6, 6.07) is 19.6. The molecule has 4 aromatic rings. The lowest BCUT2D eigenvalue weighted by Crippen LogP contribution is -2.29. The summed E-state index contributed by atoms with van der Waals surface area (Å²) in [5, 5.41) is 23.9. The van der Waals surface area contributed by atoms with Crippen molar-refractivity contribution >= 4 is 40.6 Å². The second kappa shape index (κ2) is 8.81. The van der Waals surface area contributed by atoms with Crippen molar-refractivity contribution in [2.75, 3.05) is 4.90 Å². The molecule has 0 radical (unpaired) electrons. The van der Waals surface area contributed by atoms with Gasteiger partial charge in [0.1, 0.15) is 23.3 Å². The standard InChI is InChI=1S/C25H18ClN3O4S/c26-16-8-9-19(30)18(13-16)29-23(22(28-25(29)34)17-3-1-2-12-27-17)21-11-10-20(33-21)14-4-6-15(7-5-14)24(31)32/h1-13,22-23,30H,(H,28,34)(H,31,32)/t22-,23-/m0/s1. The third-order valence-corrected chi connectivity index (χ3v) is 6.18. The molecular formula is C25H18ClN3O4S. The molecule has 0 bridgehead atoms. The molecule has 1 saturated heterocycles. The molecule has 0 spiro atoms. The minimum atomic E-state index is -0.993. The van der Waals surface area contributed by atoms with E-state index in [0.717, 1.165) is 11.3 Å². The van der Waals surface area contributed by atoms with Crippen molar-refractivity contribution in [3.63, 3.8) is 0 Å². The van der Waals surface area contributed by atoms with Crippen molar-refractivity contribution in [2.24, 2.45) is 0 Å². The van der Waals surface area contributed by atoms with Crippen molar-refractivity contribution in [2.45, 2.75) is 12.1 Å². The van der Waals surface area contributed by atoms with Gasteiger partial charge in [0.05, 0.1) is 23.0 Å². The zero-order valence-corrected chi connectivity index (χ0v) is 19.1. The Kier molecular flexibility index (Phi) is 5.69. The number of halogens is 1. The SMILES string of the molecule is O=C(O)c1ccc(-c2ccc([C@H]3[C@H](c4ccccn4)NC(=S)N3c3cc(Cl)ccc3O)o2)cc1. The number of hydrogen-bond donors (Lipinski definition) is 3. The Balaban J connectivity index is 1.59. The van der Waals surface area contributed by atoms with Gasteiger partial charge in [-0.25, -0.2) is 4.79 Å². The number of carbonyl (C=O) groups is 1. The van der Waals surface area contributed by atoms with Gasteiger partial charge in [-0.05, 0) is 66.8 Å². The highest BCUT2D eigenvalue weighted by Gasteiger charge is 2.43. The van der Waals surface area contributed by atoms with Gasteiger partial charge in [0.25, 0.3) is 0 Å². The second-order valence-corrected chi connectivity index (χ2v) is 8.54. The maximum atomic E-state index is 11.2. The molecule has 0 saturated carbocycles. The van der Waals surface area contributed by atoms with E-state index in [1.165, 1.54) is 18.2 Å². The van der Waals surface area contributed by atoms with Gasteiger partial charge in [0, 0.05) is 16.8 Å². The number of phenolic OH excluding ortho intramolecular Hbond substituents is 1. The highest BCUT2D eigenvalue weighted by atomic mass is 35.5. The fourth-order valence-electron chi connectivity index (χ4n) is 4.04. The van der Waals surface area contributed by atoms with Crippen LogP contribution < -0.4 is 10.2 Å². The molecule has 5 rings (SSSR count). The van der Waals surface area contributed by atoms with Gasteiger partial charge in [0.2, 0.25) is 0 Å². The van der Waals surface area contributed by atoms with Gasteiger partial charge in [-0.1, -0.05) is 29.8 Å². The van der Waals surface area contributed by atoms with E-state index in [1.54, 1.807) is 35.4 Å². The number of hydrogen-bond acceptors (Lipinski definition) is 5. The van der Waals surface area contributed by atoms with E-state index in [1.807, 2.05) is 30.3 Å². The van der Waals surface area contributed by atoms with Crippen LogP contribution in [0.3, 0.4) is 0 Å². The molecule has 7 nitrogen and oxygen atoms in total. The summed E-state index contributed by atoms with van der Waals surface area (Å²) in [7, 11) is 0. The third kappa shape index (κ3) is 3.98. The largest absolute Gasteiger partial charge is 0.506 e. The minimum Gasteiger partial charge on any atom is -0.506 e. The van der Waals surface area contributed by atoms with Crippen molar-refractivity contribution < 1.29 is 19.4 Å². The number of rotatable bonds is 5. The average molecular weight is 492 g/mol. The Morgan fingerprint density at radius 1 is 1.09 bits per heavy atom.